The molecular formula is C41H60N4. The first-order valence-corrected chi connectivity index (χ1v) is 18.3. The van der Waals surface area contributed by atoms with Gasteiger partial charge in [0.15, 0.2) is 0 Å². The van der Waals surface area contributed by atoms with Gasteiger partial charge in [0.05, 0.1) is 28.2 Å². The molecule has 0 atom stereocenters. The normalized spacial score (nSPS) is 11.8. The Kier molecular flexibility index (Phi) is 14.5. The maximum Gasteiger partial charge on any atom is 0.0745 e. The number of nitrogens with zero attached hydrogens (tertiary/aromatic N) is 4. The van der Waals surface area contributed by atoms with E-state index in [2.05, 4.69) is 101 Å². The van der Waals surface area contributed by atoms with E-state index in [1.807, 2.05) is 9.36 Å². The van der Waals surface area contributed by atoms with Crippen LogP contribution in [-0.4, -0.2) is 19.6 Å². The zero-order valence-corrected chi connectivity index (χ0v) is 28.9. The van der Waals surface area contributed by atoms with Crippen molar-refractivity contribution in [1.82, 2.24) is 19.6 Å². The van der Waals surface area contributed by atoms with Crippen LogP contribution in [0.5, 0.6) is 0 Å². The fourth-order valence-corrected chi connectivity index (χ4v) is 6.29. The van der Waals surface area contributed by atoms with E-state index >= 15 is 0 Å². The molecule has 0 saturated carbocycles. The molecule has 0 unspecified atom stereocenters. The highest BCUT2D eigenvalue weighted by molar-refractivity contribution is 5.38. The van der Waals surface area contributed by atoms with Crippen LogP contribution in [0, 0.1) is 0 Å². The molecule has 2 aromatic heterocycles. The number of aromatic nitrogens is 4. The van der Waals surface area contributed by atoms with E-state index in [0.717, 1.165) is 35.6 Å². The number of benzene rings is 2. The standard InChI is InChI=1S/C41H60N4/c1-5-7-9-11-13-15-17-19-21-35-23-27-37(28-24-35)44-33-31-39(42-44)41(3,4)40-32-34-45(43-40)38-29-25-36(26-30-38)22-20-18-16-14-12-10-8-6-2/h23-34H,5-22H2,1-4H3. The van der Waals surface area contributed by atoms with Crippen LogP contribution in [0.2, 0.25) is 0 Å². The molecule has 244 valence electrons. The van der Waals surface area contributed by atoms with E-state index in [4.69, 9.17) is 10.2 Å². The summed E-state index contributed by atoms with van der Waals surface area (Å²) in [5, 5.41) is 9.99. The first kappa shape index (κ1) is 34.7. The largest absolute Gasteiger partial charge is 0.241 e. The Morgan fingerprint density at radius 3 is 1.13 bits per heavy atom. The molecule has 0 aliphatic carbocycles. The minimum absolute atomic E-state index is 0.302. The molecule has 0 aliphatic rings. The third-order valence-corrected chi connectivity index (χ3v) is 9.50. The number of aryl methyl sites for hydroxylation is 2. The molecule has 0 spiro atoms. The first-order valence-electron chi connectivity index (χ1n) is 18.3. The molecule has 4 heteroatoms. The fourth-order valence-electron chi connectivity index (χ4n) is 6.29. The number of unbranched alkanes of at least 4 members (excludes halogenated alkanes) is 14. The van der Waals surface area contributed by atoms with Gasteiger partial charge in [-0.05, 0) is 87.1 Å². The van der Waals surface area contributed by atoms with E-state index in [9.17, 15) is 0 Å². The van der Waals surface area contributed by atoms with Crippen LogP contribution in [0.4, 0.5) is 0 Å². The molecule has 0 amide bonds. The van der Waals surface area contributed by atoms with E-state index in [-0.39, 0.29) is 5.41 Å². The quantitative estimate of drug-likeness (QED) is 0.0832. The molecule has 0 saturated heterocycles. The molecule has 0 fully saturated rings. The smallest absolute Gasteiger partial charge is 0.0745 e. The number of rotatable bonds is 22. The van der Waals surface area contributed by atoms with Crippen LogP contribution in [-0.2, 0) is 18.3 Å². The summed E-state index contributed by atoms with van der Waals surface area (Å²) < 4.78 is 4.00. The fraction of sp³-hybridized carbons (Fsp3) is 0.561. The average Bonchev–Trinajstić information content (AvgIpc) is 3.76. The Morgan fingerprint density at radius 2 is 0.778 bits per heavy atom. The van der Waals surface area contributed by atoms with Gasteiger partial charge in [-0.2, -0.15) is 10.2 Å². The molecule has 2 aromatic carbocycles. The minimum Gasteiger partial charge on any atom is -0.241 e. The van der Waals surface area contributed by atoms with Crippen molar-refractivity contribution >= 4 is 0 Å². The molecule has 2 heterocycles. The monoisotopic (exact) mass is 608 g/mol. The summed E-state index contributed by atoms with van der Waals surface area (Å²) in [5.74, 6) is 0. The van der Waals surface area contributed by atoms with Crippen LogP contribution >= 0.6 is 0 Å². The predicted octanol–water partition coefficient (Wildman–Crippen LogP) is 11.8. The van der Waals surface area contributed by atoms with E-state index in [1.165, 1.54) is 114 Å². The summed E-state index contributed by atoms with van der Waals surface area (Å²) >= 11 is 0. The molecular weight excluding hydrogens is 548 g/mol. The van der Waals surface area contributed by atoms with Crippen LogP contribution in [0.25, 0.3) is 11.4 Å². The third-order valence-electron chi connectivity index (χ3n) is 9.50. The van der Waals surface area contributed by atoms with Crippen molar-refractivity contribution in [3.63, 3.8) is 0 Å². The maximum absolute atomic E-state index is 5.00. The lowest BCUT2D eigenvalue weighted by molar-refractivity contribution is 0.575. The van der Waals surface area contributed by atoms with Crippen LogP contribution in [0.15, 0.2) is 73.1 Å². The Labute approximate surface area is 274 Å². The van der Waals surface area contributed by atoms with Crippen LogP contribution in [0.3, 0.4) is 0 Å². The first-order chi connectivity index (χ1) is 22.0. The van der Waals surface area contributed by atoms with Gasteiger partial charge >= 0.3 is 0 Å². The van der Waals surface area contributed by atoms with E-state index < -0.39 is 0 Å². The zero-order valence-electron chi connectivity index (χ0n) is 28.9. The summed E-state index contributed by atoms with van der Waals surface area (Å²) in [6, 6.07) is 22.2. The maximum atomic E-state index is 5.00. The van der Waals surface area contributed by atoms with Crippen molar-refractivity contribution in [1.29, 1.82) is 0 Å². The molecule has 45 heavy (non-hydrogen) atoms. The number of hydrogen-bond donors (Lipinski definition) is 0. The van der Waals surface area contributed by atoms with Crippen molar-refractivity contribution < 1.29 is 0 Å². The molecule has 0 N–H and O–H groups in total. The predicted molar refractivity (Wildman–Crippen MR) is 192 cm³/mol. The van der Waals surface area contributed by atoms with Crippen LogP contribution < -0.4 is 0 Å². The highest BCUT2D eigenvalue weighted by atomic mass is 15.3. The SMILES string of the molecule is CCCCCCCCCCc1ccc(-n2ccc(C(C)(C)c3ccn(-c4ccc(CCCCCCCCCC)cc4)n3)n2)cc1. The molecule has 0 radical (unpaired) electrons. The average molecular weight is 609 g/mol. The van der Waals surface area contributed by atoms with Gasteiger partial charge < -0.3 is 0 Å². The molecule has 0 bridgehead atoms. The summed E-state index contributed by atoms with van der Waals surface area (Å²) in [7, 11) is 0. The lowest BCUT2D eigenvalue weighted by Gasteiger charge is -2.19. The van der Waals surface area contributed by atoms with Crippen LogP contribution in [0.1, 0.15) is 153 Å². The van der Waals surface area contributed by atoms with Gasteiger partial charge in [0.1, 0.15) is 0 Å². The summed E-state index contributed by atoms with van der Waals surface area (Å²) in [4.78, 5) is 0. The van der Waals surface area contributed by atoms with Gasteiger partial charge in [-0.3, -0.25) is 0 Å². The van der Waals surface area contributed by atoms with Crippen molar-refractivity contribution in [2.45, 2.75) is 149 Å². The van der Waals surface area contributed by atoms with Gasteiger partial charge in [-0.1, -0.05) is 128 Å². The van der Waals surface area contributed by atoms with Crippen molar-refractivity contribution in [3.05, 3.63) is 95.6 Å². The van der Waals surface area contributed by atoms with Crippen molar-refractivity contribution in [2.24, 2.45) is 0 Å². The Balaban J connectivity index is 1.25. The Hall–Kier alpha value is -3.14. The number of hydrogen-bond acceptors (Lipinski definition) is 2. The zero-order chi connectivity index (χ0) is 31.7. The second-order valence-corrected chi connectivity index (χ2v) is 13.7. The van der Waals surface area contributed by atoms with Gasteiger partial charge in [-0.15, -0.1) is 0 Å². The molecule has 4 nitrogen and oxygen atoms in total. The second-order valence-electron chi connectivity index (χ2n) is 13.7. The third kappa shape index (κ3) is 11.0. The topological polar surface area (TPSA) is 35.6 Å². The van der Waals surface area contributed by atoms with Crippen molar-refractivity contribution in [2.75, 3.05) is 0 Å². The minimum atomic E-state index is -0.302. The van der Waals surface area contributed by atoms with Gasteiger partial charge in [0.2, 0.25) is 0 Å². The van der Waals surface area contributed by atoms with Gasteiger partial charge in [0, 0.05) is 12.4 Å². The molecule has 0 aliphatic heterocycles. The Bertz CT molecular complexity index is 1240. The summed E-state index contributed by atoms with van der Waals surface area (Å²) in [6.45, 7) is 9.00. The molecule has 4 rings (SSSR count). The highest BCUT2D eigenvalue weighted by Crippen LogP contribution is 2.30. The summed E-state index contributed by atoms with van der Waals surface area (Å²) in [5.41, 5.74) is 6.80. The van der Waals surface area contributed by atoms with Crippen molar-refractivity contribution in [3.8, 4) is 11.4 Å². The second kappa shape index (κ2) is 18.7. The lowest BCUT2D eigenvalue weighted by Crippen LogP contribution is -2.21. The van der Waals surface area contributed by atoms with Gasteiger partial charge in [0.25, 0.3) is 0 Å². The van der Waals surface area contributed by atoms with E-state index in [1.54, 1.807) is 0 Å². The summed E-state index contributed by atoms with van der Waals surface area (Å²) in [6.07, 6.45) is 28.3. The highest BCUT2D eigenvalue weighted by Gasteiger charge is 2.29. The van der Waals surface area contributed by atoms with Gasteiger partial charge in [-0.25, -0.2) is 9.36 Å². The lowest BCUT2D eigenvalue weighted by atomic mass is 9.86. The molecule has 4 aromatic rings. The van der Waals surface area contributed by atoms with E-state index in [0.29, 0.717) is 0 Å². The Morgan fingerprint density at radius 1 is 0.444 bits per heavy atom.